The van der Waals surface area contributed by atoms with E-state index < -0.39 is 8.26 Å². The minimum Gasteiger partial charge on any atom is -0.508 e. The van der Waals surface area contributed by atoms with Crippen LogP contribution in [0.5, 0.6) is 11.5 Å². The van der Waals surface area contributed by atoms with E-state index >= 15 is 0 Å². The van der Waals surface area contributed by atoms with Crippen LogP contribution in [0, 0.1) is 0 Å². The van der Waals surface area contributed by atoms with Gasteiger partial charge in [0.15, 0.2) is 0 Å². The predicted molar refractivity (Wildman–Crippen MR) is 76.8 cm³/mol. The molecule has 0 fully saturated rings. The van der Waals surface area contributed by atoms with Gasteiger partial charge in [0.1, 0.15) is 11.5 Å². The molecule has 0 aliphatic rings. The van der Waals surface area contributed by atoms with Gasteiger partial charge in [0.05, 0.1) is 0 Å². The summed E-state index contributed by atoms with van der Waals surface area (Å²) in [6.07, 6.45) is 0. The molecule has 0 saturated heterocycles. The van der Waals surface area contributed by atoms with Crippen molar-refractivity contribution < 1.29 is 18.6 Å². The van der Waals surface area contributed by atoms with E-state index in [9.17, 15) is 0 Å². The van der Waals surface area contributed by atoms with Crippen molar-refractivity contribution in [2.75, 3.05) is 0 Å². The molecule has 0 unspecified atom stereocenters. The fourth-order valence-corrected chi connectivity index (χ4v) is 0.856. The number of phenols is 2. The van der Waals surface area contributed by atoms with E-state index in [1.54, 1.807) is 48.5 Å². The number of hydrogen-bond acceptors (Lipinski definition) is 4. The van der Waals surface area contributed by atoms with Crippen LogP contribution < -0.4 is 0 Å². The topological polar surface area (TPSA) is 74.6 Å². The van der Waals surface area contributed by atoms with Gasteiger partial charge in [0.25, 0.3) is 0 Å². The van der Waals surface area contributed by atoms with E-state index in [0.717, 1.165) is 0 Å². The lowest BCUT2D eigenvalue weighted by atomic mass is 10.3. The second-order valence-corrected chi connectivity index (χ2v) is 6.72. The normalized spacial score (nSPS) is 9.37. The Bertz CT molecular complexity index is 499. The standard InChI is InChI=1S/2C6H6O.Cl2O2S/c2*7-6-4-2-1-3-5-6;1-5(2,3)4/h2*1-5,7H;. The first kappa shape index (κ1) is 17.6. The molecule has 2 aromatic rings. The van der Waals surface area contributed by atoms with Crippen molar-refractivity contribution in [3.8, 4) is 11.5 Å². The number of benzene rings is 2. The molecule has 0 amide bonds. The third-order valence-corrected chi connectivity index (χ3v) is 1.51. The summed E-state index contributed by atoms with van der Waals surface area (Å²) in [5, 5.41) is 17.3. The number of halogens is 2. The van der Waals surface area contributed by atoms with Crippen molar-refractivity contribution in [3.05, 3.63) is 60.7 Å². The maximum atomic E-state index is 9.16. The van der Waals surface area contributed by atoms with Gasteiger partial charge in [0.2, 0.25) is 0 Å². The number of aromatic hydroxyl groups is 2. The maximum absolute atomic E-state index is 9.16. The van der Waals surface area contributed by atoms with Crippen LogP contribution in [0.2, 0.25) is 0 Å². The molecular weight excluding hydrogens is 311 g/mol. The van der Waals surface area contributed by atoms with Crippen LogP contribution in [0.3, 0.4) is 0 Å². The average Bonchev–Trinajstić information content (AvgIpc) is 2.29. The Hall–Kier alpha value is -1.43. The highest BCUT2D eigenvalue weighted by molar-refractivity contribution is 8.31. The molecule has 0 heterocycles. The lowest BCUT2D eigenvalue weighted by Gasteiger charge is -1.82. The molecule has 0 bridgehead atoms. The molecule has 2 N–H and O–H groups in total. The summed E-state index contributed by atoms with van der Waals surface area (Å²) >= 11 is 0. The minimum atomic E-state index is -3.72. The summed E-state index contributed by atoms with van der Waals surface area (Å²) in [7, 11) is 4.81. The molecule has 2 aromatic carbocycles. The molecule has 0 spiro atoms. The molecule has 0 atom stereocenters. The number of phenolic OH excluding ortho intramolecular Hbond substituents is 2. The van der Waals surface area contributed by atoms with Gasteiger partial charge in [0, 0.05) is 21.4 Å². The molecule has 0 aromatic heterocycles. The highest BCUT2D eigenvalue weighted by Gasteiger charge is 1.88. The van der Waals surface area contributed by atoms with Crippen LogP contribution in [-0.4, -0.2) is 18.6 Å². The first-order chi connectivity index (χ1) is 8.79. The molecule has 2 rings (SSSR count). The SMILES string of the molecule is O=S(=O)(Cl)Cl.Oc1ccccc1.Oc1ccccc1. The molecular formula is C12H12Cl2O4S. The Balaban J connectivity index is 0.000000261. The molecule has 0 saturated carbocycles. The van der Waals surface area contributed by atoms with Crippen molar-refractivity contribution in [1.82, 2.24) is 0 Å². The van der Waals surface area contributed by atoms with Crippen LogP contribution in [0.25, 0.3) is 0 Å². The summed E-state index contributed by atoms with van der Waals surface area (Å²) in [5.74, 6) is 0.644. The van der Waals surface area contributed by atoms with E-state index in [-0.39, 0.29) is 0 Å². The van der Waals surface area contributed by atoms with E-state index in [2.05, 4.69) is 21.4 Å². The lowest BCUT2D eigenvalue weighted by molar-refractivity contribution is 0.475. The Labute approximate surface area is 120 Å². The second kappa shape index (κ2) is 9.49. The predicted octanol–water partition coefficient (Wildman–Crippen LogP) is 3.49. The first-order valence-corrected chi connectivity index (χ1v) is 8.05. The van der Waals surface area contributed by atoms with Crippen molar-refractivity contribution in [1.29, 1.82) is 0 Å². The van der Waals surface area contributed by atoms with Gasteiger partial charge in [-0.25, -0.2) is 0 Å². The van der Waals surface area contributed by atoms with Crippen molar-refractivity contribution in [3.63, 3.8) is 0 Å². The Kier molecular flexibility index (Phi) is 8.78. The lowest BCUT2D eigenvalue weighted by Crippen LogP contribution is -1.63. The highest BCUT2D eigenvalue weighted by Crippen LogP contribution is 2.03. The largest absolute Gasteiger partial charge is 0.508 e. The van der Waals surface area contributed by atoms with Gasteiger partial charge in [-0.05, 0) is 24.3 Å². The Morgan fingerprint density at radius 1 is 0.684 bits per heavy atom. The molecule has 0 radical (unpaired) electrons. The van der Waals surface area contributed by atoms with Gasteiger partial charge in [-0.1, -0.05) is 36.4 Å². The molecule has 0 aliphatic heterocycles. The van der Waals surface area contributed by atoms with Gasteiger partial charge < -0.3 is 10.2 Å². The Morgan fingerprint density at radius 3 is 1.00 bits per heavy atom. The van der Waals surface area contributed by atoms with Crippen molar-refractivity contribution in [2.45, 2.75) is 0 Å². The summed E-state index contributed by atoms with van der Waals surface area (Å²) in [4.78, 5) is 0. The van der Waals surface area contributed by atoms with Gasteiger partial charge >= 0.3 is 8.26 Å². The number of hydrogen-bond donors (Lipinski definition) is 2. The summed E-state index contributed by atoms with van der Waals surface area (Å²) < 4.78 is 18.3. The third-order valence-electron chi connectivity index (χ3n) is 1.51. The van der Waals surface area contributed by atoms with E-state index in [1.807, 2.05) is 12.1 Å². The van der Waals surface area contributed by atoms with Crippen LogP contribution >= 0.6 is 21.4 Å². The molecule has 0 aliphatic carbocycles. The average molecular weight is 323 g/mol. The second-order valence-electron chi connectivity index (χ2n) is 3.05. The van der Waals surface area contributed by atoms with Crippen LogP contribution in [0.15, 0.2) is 60.7 Å². The van der Waals surface area contributed by atoms with E-state index in [4.69, 9.17) is 18.6 Å². The van der Waals surface area contributed by atoms with Crippen LogP contribution in [0.4, 0.5) is 0 Å². The highest BCUT2D eigenvalue weighted by atomic mass is 36.0. The van der Waals surface area contributed by atoms with Gasteiger partial charge in [-0.2, -0.15) is 8.42 Å². The molecule has 104 valence electrons. The fraction of sp³-hybridized carbons (Fsp3) is 0. The maximum Gasteiger partial charge on any atom is 0.317 e. The molecule has 19 heavy (non-hydrogen) atoms. The van der Waals surface area contributed by atoms with E-state index in [0.29, 0.717) is 11.5 Å². The first-order valence-electron chi connectivity index (χ1n) is 4.91. The van der Waals surface area contributed by atoms with E-state index in [1.165, 1.54) is 0 Å². The Morgan fingerprint density at radius 2 is 0.895 bits per heavy atom. The van der Waals surface area contributed by atoms with Gasteiger partial charge in [-0.15, -0.1) is 0 Å². The monoisotopic (exact) mass is 322 g/mol. The zero-order valence-corrected chi connectivity index (χ0v) is 12.0. The summed E-state index contributed by atoms with van der Waals surface area (Å²) in [5.41, 5.74) is 0. The quantitative estimate of drug-likeness (QED) is 0.728. The molecule has 7 heteroatoms. The van der Waals surface area contributed by atoms with Crippen molar-refractivity contribution in [2.24, 2.45) is 0 Å². The van der Waals surface area contributed by atoms with Crippen LogP contribution in [-0.2, 0) is 8.26 Å². The smallest absolute Gasteiger partial charge is 0.317 e. The molecule has 4 nitrogen and oxygen atoms in total. The number of rotatable bonds is 0. The number of para-hydroxylation sites is 2. The van der Waals surface area contributed by atoms with Gasteiger partial charge in [-0.3, -0.25) is 0 Å². The van der Waals surface area contributed by atoms with Crippen LogP contribution in [0.1, 0.15) is 0 Å². The summed E-state index contributed by atoms with van der Waals surface area (Å²) in [6, 6.07) is 17.4. The minimum absolute atomic E-state index is 0.322. The zero-order chi connectivity index (χ0) is 14.7. The van der Waals surface area contributed by atoms with Crippen molar-refractivity contribution >= 4 is 29.6 Å². The fourth-order valence-electron chi connectivity index (χ4n) is 0.856. The summed E-state index contributed by atoms with van der Waals surface area (Å²) in [6.45, 7) is 0. The third kappa shape index (κ3) is 16.6. The zero-order valence-electron chi connectivity index (χ0n) is 9.65.